The smallest absolute Gasteiger partial charge is 0.265 e. The Hall–Kier alpha value is -2.23. The Balaban J connectivity index is 1.95. The van der Waals surface area contributed by atoms with E-state index in [9.17, 15) is 13.5 Å². The molecule has 3 aromatic rings. The summed E-state index contributed by atoms with van der Waals surface area (Å²) in [5.41, 5.74) is 0.356. The summed E-state index contributed by atoms with van der Waals surface area (Å²) in [6.07, 6.45) is 1.55. The third-order valence-corrected chi connectivity index (χ3v) is 5.97. The monoisotopic (exact) mass is 396 g/mol. The van der Waals surface area contributed by atoms with Crippen LogP contribution in [0.5, 0.6) is 5.75 Å². The largest absolute Gasteiger partial charge is 0.507 e. The Morgan fingerprint density at radius 3 is 2.72 bits per heavy atom. The highest BCUT2D eigenvalue weighted by atomic mass is 35.5. The highest BCUT2D eigenvalue weighted by Gasteiger charge is 2.21. The van der Waals surface area contributed by atoms with Gasteiger partial charge in [-0.2, -0.15) is 0 Å². The van der Waals surface area contributed by atoms with Crippen molar-refractivity contribution in [2.75, 3.05) is 4.72 Å². The molecule has 0 aliphatic carbocycles. The molecule has 0 fully saturated rings. The van der Waals surface area contributed by atoms with E-state index < -0.39 is 10.0 Å². The van der Waals surface area contributed by atoms with Crippen molar-refractivity contribution in [2.24, 2.45) is 7.05 Å². The molecule has 0 spiro atoms. The average molecular weight is 397 g/mol. The van der Waals surface area contributed by atoms with Crippen LogP contribution in [0, 0.1) is 0 Å². The predicted molar refractivity (Wildman–Crippen MR) is 95.5 cm³/mol. The average Bonchev–Trinajstić information content (AvgIpc) is 2.96. The number of aromatic hydroxyl groups is 1. The van der Waals surface area contributed by atoms with Crippen molar-refractivity contribution in [3.8, 4) is 5.75 Å². The Kier molecular flexibility index (Phi) is 4.89. The van der Waals surface area contributed by atoms with Crippen molar-refractivity contribution in [3.05, 3.63) is 53.8 Å². The molecule has 2 aromatic carbocycles. The van der Waals surface area contributed by atoms with Crippen LogP contribution in [0.2, 0.25) is 5.02 Å². The van der Waals surface area contributed by atoms with E-state index in [0.717, 1.165) is 0 Å². The van der Waals surface area contributed by atoms with Crippen molar-refractivity contribution >= 4 is 39.1 Å². The number of phenolic OH excluding ortho intramolecular Hbond substituents is 1. The van der Waals surface area contributed by atoms with Crippen molar-refractivity contribution in [1.29, 1.82) is 0 Å². The van der Waals surface area contributed by atoms with Gasteiger partial charge in [-0.05, 0) is 42.1 Å². The Labute approximate surface area is 153 Å². The van der Waals surface area contributed by atoms with Gasteiger partial charge in [0, 0.05) is 17.0 Å². The summed E-state index contributed by atoms with van der Waals surface area (Å²) in [4.78, 5) is 0.349. The first-order valence-corrected chi connectivity index (χ1v) is 9.67. The van der Waals surface area contributed by atoms with Gasteiger partial charge in [0.1, 0.15) is 17.0 Å². The van der Waals surface area contributed by atoms with E-state index in [0.29, 0.717) is 15.7 Å². The standard InChI is InChI=1S/C15H13ClN4O3S2/c1-20-9-17-18-15(20)24-13-5-3-2-4-11(13)19-25(22,23)14-8-10(16)6-7-12(14)21/h2-9,19,21H,1H3. The number of phenols is 1. The van der Waals surface area contributed by atoms with E-state index in [4.69, 9.17) is 11.6 Å². The molecule has 130 valence electrons. The molecule has 0 amide bonds. The summed E-state index contributed by atoms with van der Waals surface area (Å²) < 4.78 is 29.4. The van der Waals surface area contributed by atoms with E-state index in [2.05, 4.69) is 14.9 Å². The van der Waals surface area contributed by atoms with Crippen molar-refractivity contribution in [3.63, 3.8) is 0 Å². The van der Waals surface area contributed by atoms with Gasteiger partial charge in [-0.15, -0.1) is 10.2 Å². The second kappa shape index (κ2) is 6.95. The molecule has 0 aliphatic rings. The molecule has 10 heteroatoms. The van der Waals surface area contributed by atoms with E-state index in [-0.39, 0.29) is 15.7 Å². The molecule has 0 saturated carbocycles. The summed E-state index contributed by atoms with van der Waals surface area (Å²) in [5.74, 6) is -0.379. The lowest BCUT2D eigenvalue weighted by atomic mass is 10.3. The predicted octanol–water partition coefficient (Wildman–Crippen LogP) is 3.13. The molecule has 0 aliphatic heterocycles. The number of para-hydroxylation sites is 1. The SMILES string of the molecule is Cn1cnnc1Sc1ccccc1NS(=O)(=O)c1cc(Cl)ccc1O. The van der Waals surface area contributed by atoms with Crippen molar-refractivity contribution < 1.29 is 13.5 Å². The summed E-state index contributed by atoms with van der Waals surface area (Å²) in [6.45, 7) is 0. The van der Waals surface area contributed by atoms with Gasteiger partial charge in [0.15, 0.2) is 5.16 Å². The van der Waals surface area contributed by atoms with Crippen LogP contribution >= 0.6 is 23.4 Å². The zero-order chi connectivity index (χ0) is 18.0. The molecule has 0 radical (unpaired) electrons. The fourth-order valence-electron chi connectivity index (χ4n) is 2.01. The third-order valence-electron chi connectivity index (χ3n) is 3.21. The first-order chi connectivity index (χ1) is 11.9. The fraction of sp³-hybridized carbons (Fsp3) is 0.0667. The maximum absolute atomic E-state index is 12.6. The lowest BCUT2D eigenvalue weighted by molar-refractivity contribution is 0.459. The van der Waals surface area contributed by atoms with Gasteiger partial charge in [0.25, 0.3) is 10.0 Å². The van der Waals surface area contributed by atoms with Gasteiger partial charge in [-0.3, -0.25) is 4.72 Å². The molecule has 0 atom stereocenters. The van der Waals surface area contributed by atoms with E-state index in [1.165, 1.54) is 30.0 Å². The molecule has 25 heavy (non-hydrogen) atoms. The second-order valence-corrected chi connectivity index (χ2v) is 8.14. The van der Waals surface area contributed by atoms with Crippen LogP contribution in [0.25, 0.3) is 0 Å². The van der Waals surface area contributed by atoms with Crippen LogP contribution in [0.1, 0.15) is 0 Å². The number of aromatic nitrogens is 3. The number of nitrogens with one attached hydrogen (secondary N) is 1. The topological polar surface area (TPSA) is 97.1 Å². The Morgan fingerprint density at radius 2 is 2.00 bits per heavy atom. The number of halogens is 1. The minimum absolute atomic E-state index is 0.208. The summed E-state index contributed by atoms with van der Waals surface area (Å²) >= 11 is 7.11. The molecule has 7 nitrogen and oxygen atoms in total. The normalized spacial score (nSPS) is 11.4. The lowest BCUT2D eigenvalue weighted by Gasteiger charge is -2.13. The maximum atomic E-state index is 12.6. The van der Waals surface area contributed by atoms with E-state index in [1.54, 1.807) is 42.2 Å². The number of hydrogen-bond acceptors (Lipinski definition) is 6. The van der Waals surface area contributed by atoms with Crippen molar-refractivity contribution in [2.45, 2.75) is 14.9 Å². The van der Waals surface area contributed by atoms with E-state index in [1.807, 2.05) is 0 Å². The number of sulfonamides is 1. The highest BCUT2D eigenvalue weighted by molar-refractivity contribution is 7.99. The van der Waals surface area contributed by atoms with Crippen LogP contribution in [0.3, 0.4) is 0 Å². The molecule has 0 unspecified atom stereocenters. The molecular weight excluding hydrogens is 384 g/mol. The molecule has 0 bridgehead atoms. The van der Waals surface area contributed by atoms with Gasteiger partial charge >= 0.3 is 0 Å². The number of rotatable bonds is 5. The number of nitrogens with zero attached hydrogens (tertiary/aromatic N) is 3. The molecule has 1 heterocycles. The first kappa shape index (κ1) is 17.6. The van der Waals surface area contributed by atoms with Crippen molar-refractivity contribution in [1.82, 2.24) is 14.8 Å². The molecule has 0 saturated heterocycles. The van der Waals surface area contributed by atoms with Crippen LogP contribution in [0.4, 0.5) is 5.69 Å². The number of benzene rings is 2. The number of hydrogen-bond donors (Lipinski definition) is 2. The van der Waals surface area contributed by atoms with Gasteiger partial charge < -0.3 is 9.67 Å². The molecule has 2 N–H and O–H groups in total. The minimum Gasteiger partial charge on any atom is -0.507 e. The molecule has 3 rings (SSSR count). The third kappa shape index (κ3) is 3.89. The van der Waals surface area contributed by atoms with Crippen LogP contribution in [-0.2, 0) is 17.1 Å². The van der Waals surface area contributed by atoms with Gasteiger partial charge in [0.05, 0.1) is 5.69 Å². The van der Waals surface area contributed by atoms with Gasteiger partial charge in [-0.25, -0.2) is 8.42 Å². The number of anilines is 1. The van der Waals surface area contributed by atoms with Crippen LogP contribution in [0.15, 0.2) is 63.7 Å². The quantitative estimate of drug-likeness (QED) is 0.687. The highest BCUT2D eigenvalue weighted by Crippen LogP contribution is 2.34. The first-order valence-electron chi connectivity index (χ1n) is 6.99. The van der Waals surface area contributed by atoms with Crippen LogP contribution in [-0.4, -0.2) is 28.3 Å². The fourth-order valence-corrected chi connectivity index (χ4v) is 4.36. The minimum atomic E-state index is -4.02. The zero-order valence-electron chi connectivity index (χ0n) is 12.9. The maximum Gasteiger partial charge on any atom is 0.265 e. The lowest BCUT2D eigenvalue weighted by Crippen LogP contribution is -2.13. The zero-order valence-corrected chi connectivity index (χ0v) is 15.3. The molecular formula is C15H13ClN4O3S2. The number of aryl methyl sites for hydroxylation is 1. The Bertz CT molecular complexity index is 1020. The Morgan fingerprint density at radius 1 is 1.24 bits per heavy atom. The van der Waals surface area contributed by atoms with E-state index >= 15 is 0 Å². The second-order valence-electron chi connectivity index (χ2n) is 5.04. The molecule has 1 aromatic heterocycles. The summed E-state index contributed by atoms with van der Waals surface area (Å²) in [7, 11) is -2.23. The van der Waals surface area contributed by atoms with Gasteiger partial charge in [0.2, 0.25) is 0 Å². The van der Waals surface area contributed by atoms with Gasteiger partial charge in [-0.1, -0.05) is 23.7 Å². The van der Waals surface area contributed by atoms with Crippen LogP contribution < -0.4 is 4.72 Å². The summed E-state index contributed by atoms with van der Waals surface area (Å²) in [6, 6.07) is 10.7. The summed E-state index contributed by atoms with van der Waals surface area (Å²) in [5, 5.41) is 18.4.